The van der Waals surface area contributed by atoms with Crippen LogP contribution in [0.4, 0.5) is 5.69 Å². The zero-order valence-electron chi connectivity index (χ0n) is 18.2. The molecule has 0 unspecified atom stereocenters. The summed E-state index contributed by atoms with van der Waals surface area (Å²) >= 11 is 3.36. The highest BCUT2D eigenvalue weighted by Crippen LogP contribution is 2.26. The zero-order chi connectivity index (χ0) is 23.3. The van der Waals surface area contributed by atoms with Crippen LogP contribution in [0.3, 0.4) is 0 Å². The van der Waals surface area contributed by atoms with Crippen LogP contribution in [0, 0.1) is 12.8 Å². The monoisotopic (exact) mass is 522 g/mol. The third kappa shape index (κ3) is 5.69. The molecule has 1 aliphatic rings. The van der Waals surface area contributed by atoms with E-state index < -0.39 is 10.0 Å². The molecule has 172 valence electrons. The summed E-state index contributed by atoms with van der Waals surface area (Å²) in [6, 6.07) is 13.4. The second kappa shape index (κ2) is 10.5. The second-order valence-electron chi connectivity index (χ2n) is 7.71. The van der Waals surface area contributed by atoms with Crippen molar-refractivity contribution in [3.8, 4) is 0 Å². The Hall–Kier alpha value is -2.39. The van der Waals surface area contributed by atoms with Crippen molar-refractivity contribution in [1.29, 1.82) is 0 Å². The van der Waals surface area contributed by atoms with Gasteiger partial charge in [-0.3, -0.25) is 13.9 Å². The number of sulfonamides is 1. The zero-order valence-corrected chi connectivity index (χ0v) is 20.6. The number of ether oxygens (including phenoxy) is 1. The summed E-state index contributed by atoms with van der Waals surface area (Å²) in [5, 5.41) is 0. The molecule has 1 fully saturated rings. The van der Waals surface area contributed by atoms with E-state index in [2.05, 4.69) is 15.9 Å². The van der Waals surface area contributed by atoms with Gasteiger partial charge in [0.2, 0.25) is 5.91 Å². The molecule has 0 N–H and O–H groups in total. The molecule has 0 spiro atoms. The highest BCUT2D eigenvalue weighted by Gasteiger charge is 2.32. The minimum Gasteiger partial charge on any atom is -0.466 e. The average molecular weight is 523 g/mol. The van der Waals surface area contributed by atoms with Gasteiger partial charge >= 0.3 is 5.97 Å². The predicted molar refractivity (Wildman–Crippen MR) is 126 cm³/mol. The largest absolute Gasteiger partial charge is 0.466 e. The van der Waals surface area contributed by atoms with E-state index in [4.69, 9.17) is 4.74 Å². The Labute approximate surface area is 197 Å². The summed E-state index contributed by atoms with van der Waals surface area (Å²) in [5.41, 5.74) is 1.35. The van der Waals surface area contributed by atoms with E-state index in [1.165, 1.54) is 0 Å². The number of hydrogen-bond acceptors (Lipinski definition) is 5. The topological polar surface area (TPSA) is 84.0 Å². The van der Waals surface area contributed by atoms with E-state index in [-0.39, 0.29) is 29.2 Å². The Morgan fingerprint density at radius 3 is 2.22 bits per heavy atom. The number of carbonyl (C=O) groups is 2. The fourth-order valence-corrected chi connectivity index (χ4v) is 5.29. The number of hydrogen-bond donors (Lipinski definition) is 0. The Bertz CT molecular complexity index is 1050. The van der Waals surface area contributed by atoms with Crippen molar-refractivity contribution in [1.82, 2.24) is 4.90 Å². The number of aryl methyl sites for hydroxylation is 1. The molecule has 3 rings (SSSR count). The summed E-state index contributed by atoms with van der Waals surface area (Å²) in [6.45, 7) is 4.44. The molecule has 1 heterocycles. The second-order valence-corrected chi connectivity index (χ2v) is 10.5. The van der Waals surface area contributed by atoms with Crippen LogP contribution < -0.4 is 4.31 Å². The number of rotatable bonds is 7. The molecule has 0 aliphatic carbocycles. The molecule has 1 saturated heterocycles. The lowest BCUT2D eigenvalue weighted by Crippen LogP contribution is -2.46. The van der Waals surface area contributed by atoms with Gasteiger partial charge in [0.25, 0.3) is 10.0 Å². The lowest BCUT2D eigenvalue weighted by Gasteiger charge is -2.33. The van der Waals surface area contributed by atoms with Crippen LogP contribution >= 0.6 is 15.9 Å². The predicted octanol–water partition coefficient (Wildman–Crippen LogP) is 3.75. The fraction of sp³-hybridized carbons (Fsp3) is 0.391. The number of piperidine rings is 1. The Morgan fingerprint density at radius 2 is 1.66 bits per heavy atom. The molecule has 0 saturated carbocycles. The molecule has 2 aromatic rings. The van der Waals surface area contributed by atoms with Crippen LogP contribution in [-0.4, -0.2) is 51.4 Å². The van der Waals surface area contributed by atoms with Gasteiger partial charge in [-0.2, -0.15) is 0 Å². The lowest BCUT2D eigenvalue weighted by atomic mass is 9.97. The Morgan fingerprint density at radius 1 is 1.06 bits per heavy atom. The van der Waals surface area contributed by atoms with Crippen molar-refractivity contribution in [2.45, 2.75) is 31.6 Å². The summed E-state index contributed by atoms with van der Waals surface area (Å²) in [6.07, 6.45) is 1.02. The van der Waals surface area contributed by atoms with Crippen LogP contribution in [0.15, 0.2) is 57.9 Å². The van der Waals surface area contributed by atoms with Gasteiger partial charge < -0.3 is 9.64 Å². The maximum Gasteiger partial charge on any atom is 0.309 e. The van der Waals surface area contributed by atoms with Crippen LogP contribution in [-0.2, 0) is 24.3 Å². The molecule has 0 bridgehead atoms. The van der Waals surface area contributed by atoms with Crippen molar-refractivity contribution in [3.05, 3.63) is 58.6 Å². The van der Waals surface area contributed by atoms with Gasteiger partial charge in [-0.1, -0.05) is 33.6 Å². The SMILES string of the molecule is CCOC(=O)C1CCN(C(=O)CN(c2ccc(Br)cc2)S(=O)(=O)c2ccc(C)cc2)CC1. The van der Waals surface area contributed by atoms with Crippen molar-refractivity contribution < 1.29 is 22.7 Å². The van der Waals surface area contributed by atoms with Crippen molar-refractivity contribution in [2.24, 2.45) is 5.92 Å². The van der Waals surface area contributed by atoms with Crippen molar-refractivity contribution >= 4 is 43.5 Å². The van der Waals surface area contributed by atoms with E-state index in [0.717, 1.165) is 14.3 Å². The van der Waals surface area contributed by atoms with Gasteiger partial charge in [0.1, 0.15) is 6.54 Å². The number of amides is 1. The molecule has 9 heteroatoms. The number of likely N-dealkylation sites (tertiary alicyclic amines) is 1. The maximum atomic E-state index is 13.4. The van der Waals surface area contributed by atoms with Crippen LogP contribution in [0.2, 0.25) is 0 Å². The van der Waals surface area contributed by atoms with Gasteiger partial charge in [-0.15, -0.1) is 0 Å². The number of nitrogens with zero attached hydrogens (tertiary/aromatic N) is 2. The molecule has 0 atom stereocenters. The summed E-state index contributed by atoms with van der Waals surface area (Å²) < 4.78 is 33.9. The third-order valence-electron chi connectivity index (χ3n) is 5.47. The number of anilines is 1. The standard InChI is InChI=1S/C23H27BrN2O5S/c1-3-31-23(28)18-12-14-25(15-13-18)22(27)16-26(20-8-6-19(24)7-9-20)32(29,30)21-10-4-17(2)5-11-21/h4-11,18H,3,12-16H2,1-2H3. The van der Waals surface area contributed by atoms with Crippen LogP contribution in [0.1, 0.15) is 25.3 Å². The molecule has 1 aliphatic heterocycles. The average Bonchev–Trinajstić information content (AvgIpc) is 2.78. The summed E-state index contributed by atoms with van der Waals surface area (Å²) in [7, 11) is -3.95. The summed E-state index contributed by atoms with van der Waals surface area (Å²) in [5.74, 6) is -0.762. The van der Waals surface area contributed by atoms with Gasteiger partial charge in [0.05, 0.1) is 23.1 Å². The summed E-state index contributed by atoms with van der Waals surface area (Å²) in [4.78, 5) is 26.8. The number of benzene rings is 2. The van der Waals surface area contributed by atoms with Gasteiger partial charge in [-0.25, -0.2) is 8.42 Å². The number of halogens is 1. The van der Waals surface area contributed by atoms with Crippen molar-refractivity contribution in [3.63, 3.8) is 0 Å². The Balaban J connectivity index is 1.80. The normalized spacial score (nSPS) is 14.8. The highest BCUT2D eigenvalue weighted by molar-refractivity contribution is 9.10. The molecule has 0 aromatic heterocycles. The first kappa shape index (κ1) is 24.3. The number of esters is 1. The first-order valence-corrected chi connectivity index (χ1v) is 12.7. The first-order chi connectivity index (χ1) is 15.2. The van der Waals surface area contributed by atoms with E-state index in [1.807, 2.05) is 6.92 Å². The molecule has 2 aromatic carbocycles. The minimum atomic E-state index is -3.95. The number of carbonyl (C=O) groups excluding carboxylic acids is 2. The molecule has 1 amide bonds. The fourth-order valence-electron chi connectivity index (χ4n) is 3.61. The van der Waals surface area contributed by atoms with E-state index >= 15 is 0 Å². The molecular formula is C23H27BrN2O5S. The van der Waals surface area contributed by atoms with Crippen LogP contribution in [0.25, 0.3) is 0 Å². The minimum absolute atomic E-state index is 0.125. The molecular weight excluding hydrogens is 496 g/mol. The van der Waals surface area contributed by atoms with E-state index in [9.17, 15) is 18.0 Å². The lowest BCUT2D eigenvalue weighted by molar-refractivity contribution is -0.151. The highest BCUT2D eigenvalue weighted by atomic mass is 79.9. The van der Waals surface area contributed by atoms with E-state index in [1.54, 1.807) is 60.4 Å². The smallest absolute Gasteiger partial charge is 0.309 e. The molecule has 0 radical (unpaired) electrons. The van der Waals surface area contributed by atoms with Crippen molar-refractivity contribution in [2.75, 3.05) is 30.5 Å². The van der Waals surface area contributed by atoms with Crippen LogP contribution in [0.5, 0.6) is 0 Å². The third-order valence-corrected chi connectivity index (χ3v) is 7.79. The van der Waals surface area contributed by atoms with Gasteiger partial charge in [-0.05, 0) is 63.1 Å². The van der Waals surface area contributed by atoms with E-state index in [0.29, 0.717) is 38.2 Å². The molecule has 32 heavy (non-hydrogen) atoms. The Kier molecular flexibility index (Phi) is 7.95. The van der Waals surface area contributed by atoms with Gasteiger partial charge in [0, 0.05) is 17.6 Å². The quantitative estimate of drug-likeness (QED) is 0.517. The first-order valence-electron chi connectivity index (χ1n) is 10.5. The maximum absolute atomic E-state index is 13.4. The molecule has 7 nitrogen and oxygen atoms in total. The van der Waals surface area contributed by atoms with Gasteiger partial charge in [0.15, 0.2) is 0 Å².